The number of rotatable bonds is 7. The number of primary amides is 1. The molecule has 0 saturated carbocycles. The quantitative estimate of drug-likeness (QED) is 0.353. The van der Waals surface area contributed by atoms with Gasteiger partial charge in [-0.3, -0.25) is 19.4 Å². The van der Waals surface area contributed by atoms with Crippen LogP contribution in [0.15, 0.2) is 40.7 Å². The van der Waals surface area contributed by atoms with E-state index in [0.717, 1.165) is 0 Å². The molecule has 2 aromatic rings. The number of amides is 2. The van der Waals surface area contributed by atoms with Gasteiger partial charge in [0, 0.05) is 19.3 Å². The Morgan fingerprint density at radius 1 is 1.30 bits per heavy atom. The molecule has 1 aromatic carbocycles. The van der Waals surface area contributed by atoms with Gasteiger partial charge in [-0.05, 0) is 46.0 Å². The average molecular weight is 471 g/mol. The lowest BCUT2D eigenvalue weighted by Crippen LogP contribution is -2.69. The van der Waals surface area contributed by atoms with Crippen molar-refractivity contribution in [2.45, 2.75) is 29.7 Å². The van der Waals surface area contributed by atoms with E-state index in [1.54, 1.807) is 24.1 Å². The molecule has 3 aliphatic rings. The molecule has 0 aliphatic carbocycles. The lowest BCUT2D eigenvalue weighted by atomic mass is 9.79. The number of carboxylic acid groups (broad SMARTS) is 1. The number of benzene rings is 1. The molecule has 33 heavy (non-hydrogen) atoms. The lowest BCUT2D eigenvalue weighted by molar-refractivity contribution is -0.158. The first-order valence-corrected chi connectivity index (χ1v) is 11.2. The number of phenolic OH excluding ortho intramolecular Hbond substituents is 1. The van der Waals surface area contributed by atoms with Gasteiger partial charge in [0.15, 0.2) is 0 Å². The zero-order valence-corrected chi connectivity index (χ0v) is 18.3. The number of β-lactam (4-membered cyclic amide) rings is 1. The molecule has 5 rings (SSSR count). The summed E-state index contributed by atoms with van der Waals surface area (Å²) >= 11 is 1.30. The molecule has 2 fully saturated rings. The molecule has 12 nitrogen and oxygen atoms in total. The second-order valence-electron chi connectivity index (χ2n) is 8.33. The van der Waals surface area contributed by atoms with Crippen LogP contribution in [0, 0.1) is 5.92 Å². The van der Waals surface area contributed by atoms with Crippen molar-refractivity contribution in [3.8, 4) is 5.75 Å². The summed E-state index contributed by atoms with van der Waals surface area (Å²) in [6.45, 7) is 0.415. The smallest absolute Gasteiger partial charge is 0.352 e. The van der Waals surface area contributed by atoms with Gasteiger partial charge in [-0.15, -0.1) is 5.10 Å². The summed E-state index contributed by atoms with van der Waals surface area (Å²) in [6, 6.07) is 4.33. The number of aromatic hydroxyl groups is 1. The first-order chi connectivity index (χ1) is 15.8. The van der Waals surface area contributed by atoms with E-state index < -0.39 is 24.0 Å². The Morgan fingerprint density at radius 2 is 2.03 bits per heavy atom. The Balaban J connectivity index is 1.44. The standard InChI is InChI=1S/C20H21N7O5S/c1-25-20(22-23-24-25)33-8-11-6-10-7-26(14(17(21)29)9-2-4-12(28)5-3-9)16-13(10)27(18(16)30)15(11)19(31)32/h2-5,10,13-14,16,28H,6-8H2,1H3,(H2,21,29)(H,31,32)/t10-,13-,14?,16+/m1/s1. The SMILES string of the molecule is Cn1nnnc1SCC1=C(C(=O)O)N2C(=O)[C@@H]3[C@H]2[C@H](C1)CN3C(C(N)=O)c1ccc(O)cc1. The molecule has 13 heteroatoms. The summed E-state index contributed by atoms with van der Waals surface area (Å²) in [7, 11) is 1.69. The van der Waals surface area contributed by atoms with E-state index in [2.05, 4.69) is 15.5 Å². The summed E-state index contributed by atoms with van der Waals surface area (Å²) < 4.78 is 1.49. The highest BCUT2D eigenvalue weighted by atomic mass is 32.2. The van der Waals surface area contributed by atoms with Gasteiger partial charge in [0.25, 0.3) is 0 Å². The van der Waals surface area contributed by atoms with E-state index in [4.69, 9.17) is 5.73 Å². The van der Waals surface area contributed by atoms with Crippen LogP contribution in [0.4, 0.5) is 0 Å². The maximum Gasteiger partial charge on any atom is 0.352 e. The number of carbonyl (C=O) groups excluding carboxylic acids is 2. The Kier molecular flexibility index (Phi) is 5.09. The Morgan fingerprint density at radius 3 is 2.64 bits per heavy atom. The molecule has 0 spiro atoms. The van der Waals surface area contributed by atoms with E-state index in [-0.39, 0.29) is 29.3 Å². The van der Waals surface area contributed by atoms with Crippen LogP contribution in [0.3, 0.4) is 0 Å². The third-order valence-corrected chi connectivity index (χ3v) is 7.55. The van der Waals surface area contributed by atoms with Crippen LogP contribution < -0.4 is 5.73 Å². The zero-order valence-electron chi connectivity index (χ0n) is 17.5. The van der Waals surface area contributed by atoms with Gasteiger partial charge in [0.2, 0.25) is 17.0 Å². The number of carbonyl (C=O) groups is 3. The molecule has 1 unspecified atom stereocenters. The van der Waals surface area contributed by atoms with E-state index in [9.17, 15) is 24.6 Å². The van der Waals surface area contributed by atoms with E-state index in [1.165, 1.54) is 33.5 Å². The maximum absolute atomic E-state index is 13.2. The number of nitrogens with two attached hydrogens (primary N) is 1. The number of phenols is 1. The van der Waals surface area contributed by atoms with Crippen LogP contribution in [0.5, 0.6) is 5.75 Å². The van der Waals surface area contributed by atoms with Crippen molar-refractivity contribution in [1.29, 1.82) is 0 Å². The van der Waals surface area contributed by atoms with Crippen LogP contribution in [0.2, 0.25) is 0 Å². The normalized spacial score (nSPS) is 25.1. The first-order valence-electron chi connectivity index (χ1n) is 10.3. The molecule has 1 aromatic heterocycles. The summed E-state index contributed by atoms with van der Waals surface area (Å²) in [5, 5.41) is 31.3. The van der Waals surface area contributed by atoms with Gasteiger partial charge in [0.05, 0.1) is 6.04 Å². The summed E-state index contributed by atoms with van der Waals surface area (Å²) in [5.41, 5.74) is 6.93. The Hall–Kier alpha value is -3.45. The molecular formula is C20H21N7O5S. The van der Waals surface area contributed by atoms with Gasteiger partial charge in [0.1, 0.15) is 23.5 Å². The fourth-order valence-corrected chi connectivity index (χ4v) is 6.02. The van der Waals surface area contributed by atoms with Crippen molar-refractivity contribution in [2.75, 3.05) is 12.3 Å². The van der Waals surface area contributed by atoms with Gasteiger partial charge in [-0.2, -0.15) is 0 Å². The fraction of sp³-hybridized carbons (Fsp3) is 0.400. The van der Waals surface area contributed by atoms with Crippen molar-refractivity contribution < 1.29 is 24.6 Å². The summed E-state index contributed by atoms with van der Waals surface area (Å²) in [5.74, 6) is -1.78. The van der Waals surface area contributed by atoms with Crippen LogP contribution in [0.1, 0.15) is 18.0 Å². The predicted molar refractivity (Wildman–Crippen MR) is 113 cm³/mol. The Bertz CT molecular complexity index is 1180. The highest BCUT2D eigenvalue weighted by Crippen LogP contribution is 2.50. The van der Waals surface area contributed by atoms with E-state index in [1.807, 2.05) is 0 Å². The van der Waals surface area contributed by atoms with Gasteiger partial charge in [-0.25, -0.2) is 9.48 Å². The molecule has 0 radical (unpaired) electrons. The van der Waals surface area contributed by atoms with E-state index in [0.29, 0.717) is 35.0 Å². The average Bonchev–Trinajstić information content (AvgIpc) is 3.33. The first kappa shape index (κ1) is 21.4. The number of likely N-dealkylation sites (tertiary alicyclic amines) is 1. The van der Waals surface area contributed by atoms with Crippen LogP contribution in [-0.4, -0.2) is 82.4 Å². The van der Waals surface area contributed by atoms with Gasteiger partial charge in [-0.1, -0.05) is 23.9 Å². The van der Waals surface area contributed by atoms with Crippen molar-refractivity contribution in [2.24, 2.45) is 18.7 Å². The summed E-state index contributed by atoms with van der Waals surface area (Å²) in [6.07, 6.45) is 0.475. The highest BCUT2D eigenvalue weighted by molar-refractivity contribution is 7.99. The molecule has 3 aliphatic heterocycles. The van der Waals surface area contributed by atoms with Crippen LogP contribution in [0.25, 0.3) is 0 Å². The zero-order chi connectivity index (χ0) is 23.4. The largest absolute Gasteiger partial charge is 0.508 e. The second-order valence-corrected chi connectivity index (χ2v) is 9.27. The molecule has 4 N–H and O–H groups in total. The molecule has 0 bridgehead atoms. The number of thioether (sulfide) groups is 1. The third-order valence-electron chi connectivity index (χ3n) is 6.45. The van der Waals surface area contributed by atoms with Gasteiger partial charge < -0.3 is 15.9 Å². The number of aliphatic carboxylic acids is 1. The number of carboxylic acids is 1. The van der Waals surface area contributed by atoms with Gasteiger partial charge >= 0.3 is 5.97 Å². The summed E-state index contributed by atoms with van der Waals surface area (Å²) in [4.78, 5) is 40.8. The van der Waals surface area contributed by atoms with Crippen molar-refractivity contribution >= 4 is 29.5 Å². The van der Waals surface area contributed by atoms with Crippen LogP contribution >= 0.6 is 11.8 Å². The fourth-order valence-electron chi connectivity index (χ4n) is 5.14. The van der Waals surface area contributed by atoms with Crippen LogP contribution in [-0.2, 0) is 21.4 Å². The number of nitrogens with zero attached hydrogens (tertiary/aromatic N) is 6. The topological polar surface area (TPSA) is 168 Å². The molecule has 172 valence electrons. The minimum Gasteiger partial charge on any atom is -0.508 e. The number of tetrazole rings is 1. The minimum absolute atomic E-state index is 0.00207. The van der Waals surface area contributed by atoms with Crippen molar-refractivity contribution in [1.82, 2.24) is 30.0 Å². The maximum atomic E-state index is 13.2. The van der Waals surface area contributed by atoms with E-state index >= 15 is 0 Å². The molecule has 2 saturated heterocycles. The van der Waals surface area contributed by atoms with Crippen molar-refractivity contribution in [3.05, 3.63) is 41.1 Å². The predicted octanol–water partition coefficient (Wildman–Crippen LogP) is -0.512. The highest BCUT2D eigenvalue weighted by Gasteiger charge is 2.64. The Labute approximate surface area is 192 Å². The van der Waals surface area contributed by atoms with Crippen molar-refractivity contribution in [3.63, 3.8) is 0 Å². The molecule has 4 heterocycles. The number of hydrogen-bond donors (Lipinski definition) is 3. The molecule has 2 amide bonds. The monoisotopic (exact) mass is 471 g/mol. The third kappa shape index (κ3) is 3.35. The molecule has 4 atom stereocenters. The lowest BCUT2D eigenvalue weighted by Gasteiger charge is -2.50. The number of hydrogen-bond acceptors (Lipinski definition) is 9. The number of aryl methyl sites for hydroxylation is 1. The minimum atomic E-state index is -1.16. The second kappa shape index (κ2) is 7.85. The molecular weight excluding hydrogens is 450 g/mol. The number of aromatic nitrogens is 4.